The van der Waals surface area contributed by atoms with Gasteiger partial charge < -0.3 is 30.5 Å². The SMILES string of the molecule is O=C[C@H](NC(=O)CF)[C@H](O)[C@@H](O)[C@H](O)CO. The predicted molar refractivity (Wildman–Crippen MR) is 49.1 cm³/mol. The summed E-state index contributed by atoms with van der Waals surface area (Å²) < 4.78 is 11.8. The van der Waals surface area contributed by atoms with Crippen LogP contribution in [-0.2, 0) is 9.59 Å². The molecule has 0 aromatic rings. The summed E-state index contributed by atoms with van der Waals surface area (Å²) in [6.45, 7) is -2.21. The minimum Gasteiger partial charge on any atom is -0.394 e. The van der Waals surface area contributed by atoms with Crippen LogP contribution in [0.5, 0.6) is 0 Å². The van der Waals surface area contributed by atoms with Crippen molar-refractivity contribution in [2.24, 2.45) is 0 Å². The standard InChI is InChI=1S/C8H14FNO6/c9-1-6(14)10-4(2-11)7(15)8(16)5(13)3-12/h2,4-5,7-8,12-13,15-16H,1,3H2,(H,10,14)/t4-,5+,7-,8-/m0/s1. The van der Waals surface area contributed by atoms with E-state index in [4.69, 9.17) is 10.2 Å². The molecule has 94 valence electrons. The van der Waals surface area contributed by atoms with Crippen LogP contribution in [-0.4, -0.2) is 70.3 Å². The van der Waals surface area contributed by atoms with Crippen molar-refractivity contribution in [2.75, 3.05) is 13.3 Å². The molecule has 0 aliphatic heterocycles. The molecule has 0 unspecified atom stereocenters. The maximum atomic E-state index is 11.8. The van der Waals surface area contributed by atoms with E-state index >= 15 is 0 Å². The van der Waals surface area contributed by atoms with Crippen molar-refractivity contribution in [3.8, 4) is 0 Å². The number of alkyl halides is 1. The fourth-order valence-corrected chi connectivity index (χ4v) is 0.972. The first-order valence-electron chi connectivity index (χ1n) is 4.43. The third-order valence-corrected chi connectivity index (χ3v) is 1.89. The number of aliphatic hydroxyl groups is 4. The number of halogens is 1. The molecular formula is C8H14FNO6. The fourth-order valence-electron chi connectivity index (χ4n) is 0.972. The molecule has 0 aliphatic rings. The highest BCUT2D eigenvalue weighted by molar-refractivity contribution is 5.80. The number of carbonyl (C=O) groups is 2. The Balaban J connectivity index is 4.45. The van der Waals surface area contributed by atoms with E-state index in [2.05, 4.69) is 0 Å². The van der Waals surface area contributed by atoms with E-state index in [9.17, 15) is 24.2 Å². The summed E-state index contributed by atoms with van der Waals surface area (Å²) in [6, 6.07) is -1.56. The largest absolute Gasteiger partial charge is 0.394 e. The molecule has 5 N–H and O–H groups in total. The number of hydrogen-bond acceptors (Lipinski definition) is 6. The van der Waals surface area contributed by atoms with E-state index in [-0.39, 0.29) is 6.29 Å². The van der Waals surface area contributed by atoms with Gasteiger partial charge in [-0.25, -0.2) is 4.39 Å². The van der Waals surface area contributed by atoms with Crippen molar-refractivity contribution in [2.45, 2.75) is 24.4 Å². The van der Waals surface area contributed by atoms with Gasteiger partial charge in [0, 0.05) is 0 Å². The summed E-state index contributed by atoms with van der Waals surface area (Å²) in [4.78, 5) is 21.1. The quantitative estimate of drug-likeness (QED) is 0.296. The van der Waals surface area contributed by atoms with E-state index in [0.29, 0.717) is 0 Å². The zero-order valence-corrected chi connectivity index (χ0v) is 8.28. The number of carbonyl (C=O) groups excluding carboxylic acids is 2. The lowest BCUT2D eigenvalue weighted by Gasteiger charge is -2.25. The second-order valence-corrected chi connectivity index (χ2v) is 3.09. The van der Waals surface area contributed by atoms with Crippen molar-refractivity contribution in [3.63, 3.8) is 0 Å². The van der Waals surface area contributed by atoms with Crippen molar-refractivity contribution >= 4 is 12.2 Å². The zero-order chi connectivity index (χ0) is 12.7. The molecule has 0 aromatic carbocycles. The molecule has 8 heteroatoms. The monoisotopic (exact) mass is 239 g/mol. The molecular weight excluding hydrogens is 225 g/mol. The summed E-state index contributed by atoms with van der Waals surface area (Å²) in [5, 5.41) is 37.8. The van der Waals surface area contributed by atoms with Crippen LogP contribution in [0.15, 0.2) is 0 Å². The predicted octanol–water partition coefficient (Wildman–Crippen LogP) is -3.29. The van der Waals surface area contributed by atoms with Gasteiger partial charge in [-0.15, -0.1) is 0 Å². The van der Waals surface area contributed by atoms with Crippen LogP contribution in [0.2, 0.25) is 0 Å². The molecule has 0 heterocycles. The molecule has 0 saturated heterocycles. The highest BCUT2D eigenvalue weighted by Gasteiger charge is 2.31. The number of hydrogen-bond donors (Lipinski definition) is 5. The highest BCUT2D eigenvalue weighted by Crippen LogP contribution is 2.03. The molecule has 1 amide bonds. The van der Waals surface area contributed by atoms with Gasteiger partial charge in [-0.3, -0.25) is 4.79 Å². The smallest absolute Gasteiger partial charge is 0.252 e. The lowest BCUT2D eigenvalue weighted by Crippen LogP contribution is -2.53. The third-order valence-electron chi connectivity index (χ3n) is 1.89. The Morgan fingerprint density at radius 1 is 1.31 bits per heavy atom. The van der Waals surface area contributed by atoms with Crippen LogP contribution in [0.25, 0.3) is 0 Å². The van der Waals surface area contributed by atoms with Crippen LogP contribution < -0.4 is 5.32 Å². The topological polar surface area (TPSA) is 127 Å². The van der Waals surface area contributed by atoms with Crippen molar-refractivity contribution < 1.29 is 34.4 Å². The lowest BCUT2D eigenvalue weighted by molar-refractivity contribution is -0.131. The summed E-state index contributed by atoms with van der Waals surface area (Å²) in [7, 11) is 0. The number of rotatable bonds is 7. The van der Waals surface area contributed by atoms with Crippen LogP contribution >= 0.6 is 0 Å². The van der Waals surface area contributed by atoms with E-state index in [0.717, 1.165) is 0 Å². The molecule has 16 heavy (non-hydrogen) atoms. The molecule has 0 radical (unpaired) electrons. The Bertz CT molecular complexity index is 239. The number of aliphatic hydroxyl groups excluding tert-OH is 4. The van der Waals surface area contributed by atoms with Crippen LogP contribution in [0, 0.1) is 0 Å². The molecule has 0 rings (SSSR count). The van der Waals surface area contributed by atoms with Gasteiger partial charge in [0.2, 0.25) is 0 Å². The first-order chi connectivity index (χ1) is 7.47. The van der Waals surface area contributed by atoms with Gasteiger partial charge in [-0.2, -0.15) is 0 Å². The van der Waals surface area contributed by atoms with Crippen molar-refractivity contribution in [1.82, 2.24) is 5.32 Å². The Kier molecular flexibility index (Phi) is 6.74. The van der Waals surface area contributed by atoms with Gasteiger partial charge in [0.05, 0.1) is 6.61 Å². The summed E-state index contributed by atoms with van der Waals surface area (Å²) in [5.74, 6) is -1.14. The van der Waals surface area contributed by atoms with E-state index in [1.807, 2.05) is 0 Å². The minimum atomic E-state index is -1.84. The molecule has 0 aromatic heterocycles. The summed E-state index contributed by atoms with van der Waals surface area (Å²) in [5.41, 5.74) is 0. The van der Waals surface area contributed by atoms with E-state index < -0.39 is 43.5 Å². The fraction of sp³-hybridized carbons (Fsp3) is 0.750. The molecule has 4 atom stereocenters. The van der Waals surface area contributed by atoms with Crippen molar-refractivity contribution in [3.05, 3.63) is 0 Å². The lowest BCUT2D eigenvalue weighted by atomic mass is 10.0. The zero-order valence-electron chi connectivity index (χ0n) is 8.28. The van der Waals surface area contributed by atoms with Crippen LogP contribution in [0.3, 0.4) is 0 Å². The normalized spacial score (nSPS) is 18.3. The maximum Gasteiger partial charge on any atom is 0.252 e. The Labute approximate surface area is 90.5 Å². The van der Waals surface area contributed by atoms with Crippen LogP contribution in [0.1, 0.15) is 0 Å². The Hall–Kier alpha value is -1.09. The number of nitrogens with one attached hydrogen (secondary N) is 1. The number of aldehydes is 1. The molecule has 0 bridgehead atoms. The third kappa shape index (κ3) is 4.19. The first kappa shape index (κ1) is 14.9. The van der Waals surface area contributed by atoms with Gasteiger partial charge in [0.25, 0.3) is 5.91 Å². The molecule has 0 fully saturated rings. The Morgan fingerprint density at radius 3 is 2.25 bits per heavy atom. The average molecular weight is 239 g/mol. The Morgan fingerprint density at radius 2 is 1.88 bits per heavy atom. The van der Waals surface area contributed by atoms with E-state index in [1.165, 1.54) is 0 Å². The van der Waals surface area contributed by atoms with Gasteiger partial charge in [0.15, 0.2) is 6.67 Å². The van der Waals surface area contributed by atoms with Crippen LogP contribution in [0.4, 0.5) is 4.39 Å². The van der Waals surface area contributed by atoms with Gasteiger partial charge in [0.1, 0.15) is 30.6 Å². The van der Waals surface area contributed by atoms with E-state index in [1.54, 1.807) is 5.32 Å². The van der Waals surface area contributed by atoms with Crippen molar-refractivity contribution in [1.29, 1.82) is 0 Å². The average Bonchev–Trinajstić information content (AvgIpc) is 2.32. The van der Waals surface area contributed by atoms with Gasteiger partial charge >= 0.3 is 0 Å². The molecule has 7 nitrogen and oxygen atoms in total. The van der Waals surface area contributed by atoms with Gasteiger partial charge in [-0.05, 0) is 0 Å². The second kappa shape index (κ2) is 7.23. The van der Waals surface area contributed by atoms with Gasteiger partial charge in [-0.1, -0.05) is 0 Å². The minimum absolute atomic E-state index is 0.0888. The molecule has 0 spiro atoms. The summed E-state index contributed by atoms with van der Waals surface area (Å²) in [6.07, 6.45) is -5.25. The highest BCUT2D eigenvalue weighted by atomic mass is 19.1. The number of amides is 1. The molecule has 0 saturated carbocycles. The summed E-state index contributed by atoms with van der Waals surface area (Å²) >= 11 is 0. The first-order valence-corrected chi connectivity index (χ1v) is 4.43. The second-order valence-electron chi connectivity index (χ2n) is 3.09. The molecule has 0 aliphatic carbocycles. The maximum absolute atomic E-state index is 11.8.